The Morgan fingerprint density at radius 3 is 2.35 bits per heavy atom. The number of rotatable bonds is 6. The minimum absolute atomic E-state index is 0.121. The first-order valence-electron chi connectivity index (χ1n) is 12.8. The average Bonchev–Trinajstić information content (AvgIpc) is 3.56. The number of nitrogens with one attached hydrogen (secondary N) is 1. The zero-order valence-corrected chi connectivity index (χ0v) is 24.5. The molecule has 1 saturated heterocycles. The molecule has 0 radical (unpaired) electrons. The molecule has 5 rings (SSSR count). The number of aryl methyl sites for hydroxylation is 1. The maximum absolute atomic E-state index is 15.0. The van der Waals surface area contributed by atoms with Crippen molar-refractivity contribution < 1.29 is 31.9 Å². The van der Waals surface area contributed by atoms with Gasteiger partial charge in [0.25, 0.3) is 0 Å². The Morgan fingerprint density at radius 1 is 1.02 bits per heavy atom. The van der Waals surface area contributed by atoms with E-state index < -0.39 is 18.2 Å². The van der Waals surface area contributed by atoms with E-state index in [0.717, 1.165) is 46.4 Å². The number of aromatic nitrogens is 2. The van der Waals surface area contributed by atoms with Crippen LogP contribution in [0.4, 0.5) is 33.7 Å². The van der Waals surface area contributed by atoms with E-state index in [1.807, 2.05) is 39.0 Å². The summed E-state index contributed by atoms with van der Waals surface area (Å²) >= 11 is 2.24. The minimum atomic E-state index is -4.80. The normalized spacial score (nSPS) is 14.6. The van der Waals surface area contributed by atoms with Crippen molar-refractivity contribution in [3.63, 3.8) is 0 Å². The minimum Gasteiger partial charge on any atom is -0.406 e. The molecular formula is C29H23F4N5O3S2. The summed E-state index contributed by atoms with van der Waals surface area (Å²) in [5, 5.41) is 11.5. The molecule has 0 unspecified atom stereocenters. The van der Waals surface area contributed by atoms with Crippen LogP contribution >= 0.6 is 23.1 Å². The van der Waals surface area contributed by atoms with E-state index in [-0.39, 0.29) is 34.2 Å². The molecule has 4 aromatic rings. The molecule has 2 heterocycles. The number of anilines is 2. The third-order valence-corrected chi connectivity index (χ3v) is 8.17. The van der Waals surface area contributed by atoms with Crippen LogP contribution in [0.3, 0.4) is 0 Å². The highest BCUT2D eigenvalue weighted by Crippen LogP contribution is 2.35. The number of hydrogen-bond acceptors (Lipinski definition) is 7. The molecule has 222 valence electrons. The lowest BCUT2D eigenvalue weighted by atomic mass is 9.99. The number of alkyl halides is 3. The van der Waals surface area contributed by atoms with Gasteiger partial charge in [-0.05, 0) is 72.5 Å². The summed E-state index contributed by atoms with van der Waals surface area (Å²) in [4.78, 5) is 31.1. The number of amides is 3. The van der Waals surface area contributed by atoms with Gasteiger partial charge in [-0.15, -0.1) is 23.4 Å². The Morgan fingerprint density at radius 2 is 1.70 bits per heavy atom. The summed E-state index contributed by atoms with van der Waals surface area (Å²) in [6, 6.07) is 14.1. The first kappa shape index (κ1) is 30.2. The molecule has 14 heteroatoms. The molecule has 0 bridgehead atoms. The topological polar surface area (TPSA) is 96.8 Å². The number of halogens is 4. The van der Waals surface area contributed by atoms with E-state index in [1.54, 1.807) is 0 Å². The van der Waals surface area contributed by atoms with Crippen LogP contribution in [0.25, 0.3) is 21.1 Å². The molecule has 1 fully saturated rings. The van der Waals surface area contributed by atoms with Crippen LogP contribution in [0.15, 0.2) is 65.7 Å². The van der Waals surface area contributed by atoms with Crippen LogP contribution in [0.5, 0.6) is 5.75 Å². The highest BCUT2D eigenvalue weighted by atomic mass is 32.2. The van der Waals surface area contributed by atoms with Crippen molar-refractivity contribution in [2.75, 3.05) is 16.0 Å². The lowest BCUT2D eigenvalue weighted by molar-refractivity contribution is -0.274. The quantitative estimate of drug-likeness (QED) is 0.217. The molecule has 8 nitrogen and oxygen atoms in total. The summed E-state index contributed by atoms with van der Waals surface area (Å²) in [7, 11) is 0. The zero-order valence-electron chi connectivity index (χ0n) is 22.9. The van der Waals surface area contributed by atoms with Crippen molar-refractivity contribution in [3.8, 4) is 26.9 Å². The summed E-state index contributed by atoms with van der Waals surface area (Å²) in [6.45, 7) is 5.93. The van der Waals surface area contributed by atoms with Crippen molar-refractivity contribution in [2.45, 2.75) is 33.1 Å². The highest BCUT2D eigenvalue weighted by Gasteiger charge is 2.33. The van der Waals surface area contributed by atoms with Gasteiger partial charge in [0.1, 0.15) is 21.6 Å². The molecule has 0 atom stereocenters. The van der Waals surface area contributed by atoms with Gasteiger partial charge in [-0.25, -0.2) is 9.18 Å². The van der Waals surface area contributed by atoms with Crippen LogP contribution in [-0.4, -0.2) is 39.4 Å². The van der Waals surface area contributed by atoms with Crippen molar-refractivity contribution >= 4 is 51.6 Å². The van der Waals surface area contributed by atoms with Gasteiger partial charge in [0.05, 0.1) is 17.1 Å². The van der Waals surface area contributed by atoms with Gasteiger partial charge in [0.15, 0.2) is 5.17 Å². The fraction of sp³-hybridized carbons (Fsp3) is 0.207. The molecule has 1 N–H and O–H groups in total. The third kappa shape index (κ3) is 7.03. The molecule has 1 aliphatic heterocycles. The van der Waals surface area contributed by atoms with Gasteiger partial charge in [-0.2, -0.15) is 4.99 Å². The summed E-state index contributed by atoms with van der Waals surface area (Å²) in [5.74, 6) is -1.08. The van der Waals surface area contributed by atoms with Gasteiger partial charge in [0, 0.05) is 11.1 Å². The molecular weight excluding hydrogens is 606 g/mol. The largest absolute Gasteiger partial charge is 0.573 e. The first-order valence-corrected chi connectivity index (χ1v) is 14.6. The molecule has 1 aliphatic rings. The number of carbonyl (C=O) groups is 2. The lowest BCUT2D eigenvalue weighted by Gasteiger charge is -2.22. The van der Waals surface area contributed by atoms with E-state index in [4.69, 9.17) is 0 Å². The zero-order chi connectivity index (χ0) is 30.9. The van der Waals surface area contributed by atoms with Crippen molar-refractivity contribution in [3.05, 3.63) is 77.6 Å². The number of amidine groups is 1. The predicted octanol–water partition coefficient (Wildman–Crippen LogP) is 8.01. The monoisotopic (exact) mass is 629 g/mol. The van der Waals surface area contributed by atoms with E-state index in [9.17, 15) is 22.8 Å². The van der Waals surface area contributed by atoms with E-state index in [1.165, 1.54) is 35.2 Å². The van der Waals surface area contributed by atoms with Crippen LogP contribution in [-0.2, 0) is 4.79 Å². The van der Waals surface area contributed by atoms with Crippen LogP contribution < -0.4 is 15.0 Å². The number of urea groups is 1. The van der Waals surface area contributed by atoms with Gasteiger partial charge in [0.2, 0.25) is 5.91 Å². The lowest BCUT2D eigenvalue weighted by Crippen LogP contribution is -2.31. The first-order chi connectivity index (χ1) is 20.4. The Hall–Kier alpha value is -4.30. The number of ether oxygens (including phenoxy) is 1. The van der Waals surface area contributed by atoms with Crippen molar-refractivity contribution in [1.29, 1.82) is 0 Å². The van der Waals surface area contributed by atoms with Crippen LogP contribution in [0.1, 0.15) is 30.9 Å². The van der Waals surface area contributed by atoms with Gasteiger partial charge in [-0.3, -0.25) is 9.69 Å². The standard InChI is InChI=1S/C29H23F4N5O3S2/c1-15(2)20-10-4-16(3)12-23(20)38-24(39)14-42-28(38)35-27(40)34-22-11-7-18(13-21(22)30)26-37-36-25(43-26)17-5-8-19(9-6-17)41-29(31,32)33/h4-13,15H,14H2,1-3H3,(H,34,40)/b35-28-. The third-order valence-electron chi connectivity index (χ3n) is 6.23. The molecule has 43 heavy (non-hydrogen) atoms. The maximum Gasteiger partial charge on any atom is 0.573 e. The van der Waals surface area contributed by atoms with Gasteiger partial charge in [-0.1, -0.05) is 49.1 Å². The molecule has 0 aliphatic carbocycles. The summed E-state index contributed by atoms with van der Waals surface area (Å²) in [5.41, 5.74) is 3.31. The second-order valence-corrected chi connectivity index (χ2v) is 11.7. The van der Waals surface area contributed by atoms with E-state index in [2.05, 4.69) is 25.2 Å². The van der Waals surface area contributed by atoms with Crippen LogP contribution in [0.2, 0.25) is 0 Å². The fourth-order valence-electron chi connectivity index (χ4n) is 4.25. The van der Waals surface area contributed by atoms with Crippen LogP contribution in [0, 0.1) is 12.7 Å². The number of carbonyl (C=O) groups excluding carboxylic acids is 2. The number of aliphatic imine (C=N–C) groups is 1. The highest BCUT2D eigenvalue weighted by molar-refractivity contribution is 8.15. The summed E-state index contributed by atoms with van der Waals surface area (Å²) in [6.07, 6.45) is -4.80. The molecule has 3 amide bonds. The molecule has 0 saturated carbocycles. The number of nitrogens with zero attached hydrogens (tertiary/aromatic N) is 4. The number of benzene rings is 3. The molecule has 0 spiro atoms. The Bertz CT molecular complexity index is 1720. The summed E-state index contributed by atoms with van der Waals surface area (Å²) < 4.78 is 56.1. The number of thioether (sulfide) groups is 1. The van der Waals surface area contributed by atoms with Gasteiger partial charge >= 0.3 is 12.4 Å². The Labute approximate surface area is 251 Å². The second kappa shape index (κ2) is 12.1. The average molecular weight is 630 g/mol. The smallest absolute Gasteiger partial charge is 0.406 e. The van der Waals surface area contributed by atoms with Crippen molar-refractivity contribution in [2.24, 2.45) is 4.99 Å². The Balaban J connectivity index is 1.31. The van der Waals surface area contributed by atoms with Gasteiger partial charge < -0.3 is 10.1 Å². The van der Waals surface area contributed by atoms with E-state index >= 15 is 4.39 Å². The van der Waals surface area contributed by atoms with Crippen molar-refractivity contribution in [1.82, 2.24) is 10.2 Å². The van der Waals surface area contributed by atoms with E-state index in [0.29, 0.717) is 26.8 Å². The predicted molar refractivity (Wildman–Crippen MR) is 159 cm³/mol. The number of hydrogen-bond donors (Lipinski definition) is 1. The molecule has 1 aromatic heterocycles. The fourth-order valence-corrected chi connectivity index (χ4v) is 5.96. The Kier molecular flexibility index (Phi) is 8.51. The SMILES string of the molecule is Cc1ccc(C(C)C)c(N2C(=O)CS/C2=N\C(=O)Nc2ccc(-c3nnc(-c4ccc(OC(F)(F)F)cc4)s3)cc2F)c1. The second-order valence-electron chi connectivity index (χ2n) is 9.74. The molecule has 3 aromatic carbocycles. The maximum atomic E-state index is 15.0.